The van der Waals surface area contributed by atoms with Crippen LogP contribution in [0.5, 0.6) is 0 Å². The molecule has 0 unspecified atom stereocenters. The Morgan fingerprint density at radius 2 is 1.62 bits per heavy atom. The third-order valence-electron chi connectivity index (χ3n) is 5.59. The van der Waals surface area contributed by atoms with Crippen molar-refractivity contribution in [2.45, 2.75) is 37.7 Å². The van der Waals surface area contributed by atoms with Crippen LogP contribution < -0.4 is 0 Å². The average molecular weight is 485 g/mol. The summed E-state index contributed by atoms with van der Waals surface area (Å²) in [7, 11) is -3.86. The summed E-state index contributed by atoms with van der Waals surface area (Å²) >= 11 is 0. The number of hydrogen-bond acceptors (Lipinski definition) is 7. The minimum atomic E-state index is -3.86. The van der Waals surface area contributed by atoms with Crippen molar-refractivity contribution in [3.8, 4) is 17.2 Å². The number of hydrogen-bond donors (Lipinski definition) is 0. The minimum absolute atomic E-state index is 0.0253. The molecule has 11 heteroatoms. The molecule has 1 aromatic carbocycles. The average Bonchev–Trinajstić information content (AvgIpc) is 3.21. The standard InChI is InChI=1S/C23H22F2N6O2S/c1-14-11-27-22(28-12-14)15(2)16(3)34(32,33)13-20-29-30-23(19-9-4-5-10-26-19)31(20)21-17(24)7-6-8-18(21)25/h4-12,15-16H,13H2,1-3H3/t15-,16-/m0/s1. The Kier molecular flexibility index (Phi) is 6.47. The maximum absolute atomic E-state index is 14.8. The van der Waals surface area contributed by atoms with Crippen LogP contribution in [0.4, 0.5) is 8.78 Å². The molecule has 0 amide bonds. The first-order valence-electron chi connectivity index (χ1n) is 10.5. The van der Waals surface area contributed by atoms with Gasteiger partial charge in [0, 0.05) is 24.5 Å². The van der Waals surface area contributed by atoms with E-state index in [1.807, 2.05) is 6.92 Å². The quantitative estimate of drug-likeness (QED) is 0.393. The number of nitrogens with zero attached hydrogens (tertiary/aromatic N) is 6. The maximum atomic E-state index is 14.8. The second-order valence-corrected chi connectivity index (χ2v) is 10.3. The van der Waals surface area contributed by atoms with Gasteiger partial charge >= 0.3 is 0 Å². The maximum Gasteiger partial charge on any atom is 0.187 e. The van der Waals surface area contributed by atoms with Crippen molar-refractivity contribution in [3.05, 3.63) is 83.8 Å². The van der Waals surface area contributed by atoms with E-state index < -0.39 is 44.1 Å². The van der Waals surface area contributed by atoms with Crippen LogP contribution in [0.25, 0.3) is 17.2 Å². The molecule has 2 atom stereocenters. The van der Waals surface area contributed by atoms with E-state index in [2.05, 4.69) is 25.1 Å². The SMILES string of the molecule is Cc1cnc([C@@H](C)[C@H](C)S(=O)(=O)Cc2nnc(-c3ccccn3)n2-c2c(F)cccc2F)nc1. The zero-order chi connectivity index (χ0) is 24.5. The number of para-hydroxylation sites is 1. The Morgan fingerprint density at radius 1 is 0.941 bits per heavy atom. The summed E-state index contributed by atoms with van der Waals surface area (Å²) in [5.41, 5.74) is 0.672. The van der Waals surface area contributed by atoms with E-state index in [0.717, 1.165) is 22.3 Å². The van der Waals surface area contributed by atoms with Gasteiger partial charge in [-0.25, -0.2) is 27.2 Å². The number of sulfone groups is 1. The molecule has 0 aliphatic heterocycles. The molecule has 4 rings (SSSR count). The van der Waals surface area contributed by atoms with Gasteiger partial charge in [-0.3, -0.25) is 9.55 Å². The van der Waals surface area contributed by atoms with E-state index in [0.29, 0.717) is 5.82 Å². The van der Waals surface area contributed by atoms with Crippen LogP contribution in [0.1, 0.15) is 37.0 Å². The van der Waals surface area contributed by atoms with Gasteiger partial charge in [-0.15, -0.1) is 10.2 Å². The van der Waals surface area contributed by atoms with Gasteiger partial charge in [0.1, 0.15) is 34.6 Å². The lowest BCUT2D eigenvalue weighted by Crippen LogP contribution is -2.27. The number of pyridine rings is 1. The van der Waals surface area contributed by atoms with Crippen LogP contribution in [0.2, 0.25) is 0 Å². The lowest BCUT2D eigenvalue weighted by atomic mass is 10.1. The molecule has 0 aliphatic rings. The molecule has 0 radical (unpaired) electrons. The molecule has 0 bridgehead atoms. The smallest absolute Gasteiger partial charge is 0.187 e. The number of aryl methyl sites for hydroxylation is 1. The van der Waals surface area contributed by atoms with Crippen molar-refractivity contribution < 1.29 is 17.2 Å². The van der Waals surface area contributed by atoms with Crippen LogP contribution in [0, 0.1) is 18.6 Å². The molecule has 0 aliphatic carbocycles. The third-order valence-corrected chi connectivity index (χ3v) is 7.80. The normalized spacial score (nSPS) is 13.6. The van der Waals surface area contributed by atoms with E-state index >= 15 is 0 Å². The van der Waals surface area contributed by atoms with Gasteiger partial charge in [0.05, 0.1) is 5.25 Å². The highest BCUT2D eigenvalue weighted by atomic mass is 32.2. The highest BCUT2D eigenvalue weighted by Gasteiger charge is 2.32. The summed E-state index contributed by atoms with van der Waals surface area (Å²) in [5, 5.41) is 7.12. The van der Waals surface area contributed by atoms with Gasteiger partial charge in [0.15, 0.2) is 21.5 Å². The Morgan fingerprint density at radius 3 is 2.24 bits per heavy atom. The predicted octanol–water partition coefficient (Wildman–Crippen LogP) is 3.81. The van der Waals surface area contributed by atoms with Crippen LogP contribution in [0.3, 0.4) is 0 Å². The lowest BCUT2D eigenvalue weighted by Gasteiger charge is -2.19. The van der Waals surface area contributed by atoms with Gasteiger partial charge in [-0.05, 0) is 43.7 Å². The van der Waals surface area contributed by atoms with Crippen molar-refractivity contribution >= 4 is 9.84 Å². The fourth-order valence-electron chi connectivity index (χ4n) is 3.48. The summed E-state index contributed by atoms with van der Waals surface area (Å²) < 4.78 is 57.3. The lowest BCUT2D eigenvalue weighted by molar-refractivity contribution is 0.555. The Labute approximate surface area is 195 Å². The Hall–Kier alpha value is -3.60. The van der Waals surface area contributed by atoms with Gasteiger partial charge in [-0.1, -0.05) is 19.1 Å². The van der Waals surface area contributed by atoms with Gasteiger partial charge in [-0.2, -0.15) is 0 Å². The van der Waals surface area contributed by atoms with Gasteiger partial charge < -0.3 is 0 Å². The molecule has 0 spiro atoms. The molecule has 0 fully saturated rings. The number of rotatable bonds is 7. The summed E-state index contributed by atoms with van der Waals surface area (Å²) in [4.78, 5) is 12.7. The molecule has 34 heavy (non-hydrogen) atoms. The first-order chi connectivity index (χ1) is 16.2. The highest BCUT2D eigenvalue weighted by Crippen LogP contribution is 2.29. The summed E-state index contributed by atoms with van der Waals surface area (Å²) in [6, 6.07) is 8.34. The second-order valence-electron chi connectivity index (χ2n) is 7.98. The zero-order valence-corrected chi connectivity index (χ0v) is 19.5. The van der Waals surface area contributed by atoms with Gasteiger partial charge in [0.25, 0.3) is 0 Å². The summed E-state index contributed by atoms with van der Waals surface area (Å²) in [6.45, 7) is 5.10. The second kappa shape index (κ2) is 9.34. The number of halogens is 2. The van der Waals surface area contributed by atoms with Crippen molar-refractivity contribution in [2.24, 2.45) is 0 Å². The van der Waals surface area contributed by atoms with Crippen molar-refractivity contribution in [1.82, 2.24) is 29.7 Å². The molecule has 4 aromatic rings. The number of benzene rings is 1. The summed E-state index contributed by atoms with van der Waals surface area (Å²) in [5.74, 6) is -2.61. The van der Waals surface area contributed by atoms with E-state index in [-0.39, 0.29) is 17.3 Å². The molecule has 0 saturated carbocycles. The van der Waals surface area contributed by atoms with E-state index in [1.54, 1.807) is 44.4 Å². The molecule has 176 valence electrons. The first-order valence-corrected chi connectivity index (χ1v) is 12.2. The number of aromatic nitrogens is 6. The topological polar surface area (TPSA) is 104 Å². The van der Waals surface area contributed by atoms with Crippen LogP contribution in [0.15, 0.2) is 55.0 Å². The van der Waals surface area contributed by atoms with Crippen LogP contribution >= 0.6 is 0 Å². The molecule has 0 N–H and O–H groups in total. The Balaban J connectivity index is 1.77. The fraction of sp³-hybridized carbons (Fsp3) is 0.261. The van der Waals surface area contributed by atoms with Gasteiger partial charge in [0.2, 0.25) is 0 Å². The van der Waals surface area contributed by atoms with E-state index in [9.17, 15) is 17.2 Å². The van der Waals surface area contributed by atoms with Crippen molar-refractivity contribution in [1.29, 1.82) is 0 Å². The van der Waals surface area contributed by atoms with E-state index in [1.165, 1.54) is 12.3 Å². The van der Waals surface area contributed by atoms with Crippen LogP contribution in [-0.4, -0.2) is 43.4 Å². The molecule has 8 nitrogen and oxygen atoms in total. The van der Waals surface area contributed by atoms with E-state index in [4.69, 9.17) is 0 Å². The fourth-order valence-corrected chi connectivity index (χ4v) is 5.03. The largest absolute Gasteiger partial charge is 0.271 e. The first kappa shape index (κ1) is 23.6. The molecule has 3 heterocycles. The molecular weight excluding hydrogens is 462 g/mol. The molecular formula is C23H22F2N6O2S. The molecule has 0 saturated heterocycles. The highest BCUT2D eigenvalue weighted by molar-refractivity contribution is 7.91. The zero-order valence-electron chi connectivity index (χ0n) is 18.7. The van der Waals surface area contributed by atoms with Crippen molar-refractivity contribution in [2.75, 3.05) is 0 Å². The minimum Gasteiger partial charge on any atom is -0.271 e. The monoisotopic (exact) mass is 484 g/mol. The van der Waals surface area contributed by atoms with Crippen molar-refractivity contribution in [3.63, 3.8) is 0 Å². The third kappa shape index (κ3) is 4.56. The molecule has 3 aromatic heterocycles. The van der Waals surface area contributed by atoms with Crippen LogP contribution in [-0.2, 0) is 15.6 Å². The Bertz CT molecular complexity index is 1390. The predicted molar refractivity (Wildman–Crippen MR) is 122 cm³/mol. The summed E-state index contributed by atoms with van der Waals surface area (Å²) in [6.07, 6.45) is 4.73.